The Balaban J connectivity index is 1.57. The standard InChI is InChI=1S/C12H14O3/c13-12-8-11(15-12)9-14-7-6-10-4-2-1-3-5-10/h1-5,11H,6-9H2. The molecule has 15 heavy (non-hydrogen) atoms. The van der Waals surface area contributed by atoms with Crippen molar-refractivity contribution in [1.29, 1.82) is 0 Å². The molecule has 1 aromatic rings. The van der Waals surface area contributed by atoms with E-state index in [0.29, 0.717) is 19.6 Å². The first kappa shape index (κ1) is 10.2. The summed E-state index contributed by atoms with van der Waals surface area (Å²) in [6.07, 6.45) is 1.40. The molecule has 1 fully saturated rings. The van der Waals surface area contributed by atoms with Crippen LogP contribution in [0.3, 0.4) is 0 Å². The van der Waals surface area contributed by atoms with E-state index in [1.807, 2.05) is 18.2 Å². The lowest BCUT2D eigenvalue weighted by atomic mass is 10.2. The SMILES string of the molecule is O=C1CC(COCCc2ccccc2)O1. The molecule has 1 heterocycles. The molecule has 1 aliphatic heterocycles. The number of hydrogen-bond donors (Lipinski definition) is 0. The van der Waals surface area contributed by atoms with Crippen molar-refractivity contribution in [3.8, 4) is 0 Å². The van der Waals surface area contributed by atoms with Gasteiger partial charge in [-0.15, -0.1) is 0 Å². The van der Waals surface area contributed by atoms with Crippen LogP contribution in [0.2, 0.25) is 0 Å². The lowest BCUT2D eigenvalue weighted by molar-refractivity contribution is -0.174. The molecule has 2 rings (SSSR count). The van der Waals surface area contributed by atoms with E-state index < -0.39 is 0 Å². The van der Waals surface area contributed by atoms with Gasteiger partial charge in [-0.05, 0) is 12.0 Å². The van der Waals surface area contributed by atoms with Crippen molar-refractivity contribution in [1.82, 2.24) is 0 Å². The smallest absolute Gasteiger partial charge is 0.310 e. The summed E-state index contributed by atoms with van der Waals surface area (Å²) >= 11 is 0. The summed E-state index contributed by atoms with van der Waals surface area (Å²) in [4.78, 5) is 10.5. The van der Waals surface area contributed by atoms with Crippen LogP contribution in [-0.4, -0.2) is 25.3 Å². The van der Waals surface area contributed by atoms with Crippen molar-refractivity contribution < 1.29 is 14.3 Å². The molecule has 1 atom stereocenters. The molecule has 0 bridgehead atoms. The van der Waals surface area contributed by atoms with Crippen LogP contribution in [0.4, 0.5) is 0 Å². The molecule has 1 unspecified atom stereocenters. The van der Waals surface area contributed by atoms with E-state index in [1.54, 1.807) is 0 Å². The van der Waals surface area contributed by atoms with Crippen molar-refractivity contribution in [2.24, 2.45) is 0 Å². The van der Waals surface area contributed by atoms with Crippen LogP contribution in [0.5, 0.6) is 0 Å². The molecule has 0 amide bonds. The van der Waals surface area contributed by atoms with E-state index >= 15 is 0 Å². The summed E-state index contributed by atoms with van der Waals surface area (Å²) in [5.41, 5.74) is 1.27. The quantitative estimate of drug-likeness (QED) is 0.541. The Kier molecular flexibility index (Phi) is 3.35. The number of cyclic esters (lactones) is 1. The van der Waals surface area contributed by atoms with Crippen LogP contribution < -0.4 is 0 Å². The van der Waals surface area contributed by atoms with Crippen molar-refractivity contribution in [2.45, 2.75) is 18.9 Å². The molecule has 0 spiro atoms. The number of ether oxygens (including phenoxy) is 2. The molecular formula is C12H14O3. The molecule has 1 aromatic carbocycles. The summed E-state index contributed by atoms with van der Waals surface area (Å²) in [6.45, 7) is 1.20. The van der Waals surface area contributed by atoms with E-state index in [4.69, 9.17) is 9.47 Å². The zero-order valence-corrected chi connectivity index (χ0v) is 8.52. The van der Waals surface area contributed by atoms with Crippen LogP contribution in [0, 0.1) is 0 Å². The van der Waals surface area contributed by atoms with Gasteiger partial charge in [-0.3, -0.25) is 4.79 Å². The van der Waals surface area contributed by atoms with Crippen LogP contribution >= 0.6 is 0 Å². The number of rotatable bonds is 5. The second-order valence-corrected chi connectivity index (χ2v) is 3.63. The monoisotopic (exact) mass is 206 g/mol. The molecule has 0 radical (unpaired) electrons. The van der Waals surface area contributed by atoms with Gasteiger partial charge in [0, 0.05) is 0 Å². The summed E-state index contributed by atoms with van der Waals surface area (Å²) in [6, 6.07) is 10.2. The predicted molar refractivity (Wildman–Crippen MR) is 55.5 cm³/mol. The highest BCUT2D eigenvalue weighted by Crippen LogP contribution is 2.13. The maximum atomic E-state index is 10.5. The average Bonchev–Trinajstić information content (AvgIpc) is 2.23. The topological polar surface area (TPSA) is 35.5 Å². The van der Waals surface area contributed by atoms with Gasteiger partial charge in [0.1, 0.15) is 6.10 Å². The lowest BCUT2D eigenvalue weighted by Crippen LogP contribution is -2.36. The molecule has 1 saturated heterocycles. The Labute approximate surface area is 89.0 Å². The number of carbonyl (C=O) groups is 1. The Bertz CT molecular complexity index is 313. The van der Waals surface area contributed by atoms with E-state index in [-0.39, 0.29) is 12.1 Å². The van der Waals surface area contributed by atoms with Gasteiger partial charge in [-0.25, -0.2) is 0 Å². The van der Waals surface area contributed by atoms with Crippen molar-refractivity contribution >= 4 is 5.97 Å². The minimum absolute atomic E-state index is 0.00623. The number of benzene rings is 1. The van der Waals surface area contributed by atoms with Gasteiger partial charge in [0.15, 0.2) is 0 Å². The van der Waals surface area contributed by atoms with Crippen LogP contribution in [0.25, 0.3) is 0 Å². The van der Waals surface area contributed by atoms with Crippen LogP contribution in [-0.2, 0) is 20.7 Å². The van der Waals surface area contributed by atoms with Gasteiger partial charge >= 0.3 is 5.97 Å². The maximum absolute atomic E-state index is 10.5. The van der Waals surface area contributed by atoms with Gasteiger partial charge in [0.2, 0.25) is 0 Å². The Morgan fingerprint density at radius 2 is 2.07 bits per heavy atom. The fourth-order valence-electron chi connectivity index (χ4n) is 1.50. The van der Waals surface area contributed by atoms with Crippen molar-refractivity contribution in [2.75, 3.05) is 13.2 Å². The van der Waals surface area contributed by atoms with Crippen molar-refractivity contribution in [3.63, 3.8) is 0 Å². The number of esters is 1. The first-order valence-electron chi connectivity index (χ1n) is 5.16. The summed E-state index contributed by atoms with van der Waals surface area (Å²) in [5, 5.41) is 0. The first-order chi connectivity index (χ1) is 7.34. The predicted octanol–water partition coefficient (Wildman–Crippen LogP) is 1.56. The van der Waals surface area contributed by atoms with E-state index in [0.717, 1.165) is 6.42 Å². The fourth-order valence-corrected chi connectivity index (χ4v) is 1.50. The minimum Gasteiger partial charge on any atom is -0.459 e. The highest BCUT2D eigenvalue weighted by atomic mass is 16.6. The Morgan fingerprint density at radius 1 is 1.33 bits per heavy atom. The molecule has 0 aliphatic carbocycles. The van der Waals surface area contributed by atoms with Gasteiger partial charge in [-0.1, -0.05) is 30.3 Å². The highest BCUT2D eigenvalue weighted by Gasteiger charge is 2.28. The highest BCUT2D eigenvalue weighted by molar-refractivity contribution is 5.75. The molecule has 3 nitrogen and oxygen atoms in total. The molecule has 0 saturated carbocycles. The first-order valence-corrected chi connectivity index (χ1v) is 5.16. The normalized spacial score (nSPS) is 19.5. The zero-order valence-electron chi connectivity index (χ0n) is 8.52. The Morgan fingerprint density at radius 3 is 2.73 bits per heavy atom. The second-order valence-electron chi connectivity index (χ2n) is 3.63. The summed E-state index contributed by atoms with van der Waals surface area (Å²) < 4.78 is 10.2. The summed E-state index contributed by atoms with van der Waals surface area (Å²) in [5.74, 6) is -0.119. The van der Waals surface area contributed by atoms with Crippen LogP contribution in [0.15, 0.2) is 30.3 Å². The third kappa shape index (κ3) is 3.06. The number of carbonyl (C=O) groups excluding carboxylic acids is 1. The van der Waals surface area contributed by atoms with Gasteiger partial charge in [-0.2, -0.15) is 0 Å². The minimum atomic E-state index is -0.119. The maximum Gasteiger partial charge on any atom is 0.310 e. The third-order valence-corrected chi connectivity index (χ3v) is 2.37. The van der Waals surface area contributed by atoms with E-state index in [1.165, 1.54) is 5.56 Å². The van der Waals surface area contributed by atoms with Crippen LogP contribution in [0.1, 0.15) is 12.0 Å². The molecule has 0 aromatic heterocycles. The number of hydrogen-bond acceptors (Lipinski definition) is 3. The van der Waals surface area contributed by atoms with Gasteiger partial charge < -0.3 is 9.47 Å². The molecule has 80 valence electrons. The second kappa shape index (κ2) is 4.94. The molecule has 1 aliphatic rings. The lowest BCUT2D eigenvalue weighted by Gasteiger charge is -2.24. The molecule has 0 N–H and O–H groups in total. The fraction of sp³-hybridized carbons (Fsp3) is 0.417. The Hall–Kier alpha value is -1.35. The zero-order chi connectivity index (χ0) is 10.5. The van der Waals surface area contributed by atoms with Crippen molar-refractivity contribution in [3.05, 3.63) is 35.9 Å². The molecular weight excluding hydrogens is 192 g/mol. The average molecular weight is 206 g/mol. The van der Waals surface area contributed by atoms with Gasteiger partial charge in [0.05, 0.1) is 19.6 Å². The third-order valence-electron chi connectivity index (χ3n) is 2.37. The largest absolute Gasteiger partial charge is 0.459 e. The summed E-state index contributed by atoms with van der Waals surface area (Å²) in [7, 11) is 0. The van der Waals surface area contributed by atoms with E-state index in [2.05, 4.69) is 12.1 Å². The van der Waals surface area contributed by atoms with Gasteiger partial charge in [0.25, 0.3) is 0 Å². The molecule has 3 heteroatoms. The van der Waals surface area contributed by atoms with E-state index in [9.17, 15) is 4.79 Å².